The Labute approximate surface area is 197 Å². The summed E-state index contributed by atoms with van der Waals surface area (Å²) in [5.74, 6) is -0.441. The Morgan fingerprint density at radius 2 is 1.67 bits per heavy atom. The predicted octanol–water partition coefficient (Wildman–Crippen LogP) is 5.98. The second-order valence-corrected chi connectivity index (χ2v) is 7.93. The van der Waals surface area contributed by atoms with E-state index in [1.165, 1.54) is 0 Å². The molecule has 4 aromatic rings. The Morgan fingerprint density at radius 3 is 2.30 bits per heavy atom. The van der Waals surface area contributed by atoms with E-state index >= 15 is 0 Å². The zero-order valence-corrected chi connectivity index (χ0v) is 18.7. The van der Waals surface area contributed by atoms with E-state index in [9.17, 15) is 10.1 Å². The smallest absolute Gasteiger partial charge is 0.262 e. The lowest BCUT2D eigenvalue weighted by Gasteiger charge is -2.13. The van der Waals surface area contributed by atoms with E-state index in [2.05, 4.69) is 5.32 Å². The number of nitriles is 1. The van der Waals surface area contributed by atoms with E-state index < -0.39 is 5.91 Å². The van der Waals surface area contributed by atoms with E-state index in [0.717, 1.165) is 16.8 Å². The van der Waals surface area contributed by atoms with Crippen LogP contribution in [0.25, 0.3) is 23.0 Å². The fourth-order valence-corrected chi connectivity index (χ4v) is 3.57. The predicted molar refractivity (Wildman–Crippen MR) is 131 cm³/mol. The van der Waals surface area contributed by atoms with Crippen molar-refractivity contribution in [2.24, 2.45) is 0 Å². The summed E-state index contributed by atoms with van der Waals surface area (Å²) in [6.45, 7) is 1.88. The molecular weight excluding hydrogens is 432 g/mol. The van der Waals surface area contributed by atoms with Gasteiger partial charge < -0.3 is 5.32 Å². The summed E-state index contributed by atoms with van der Waals surface area (Å²) in [5.41, 5.74) is 3.96. The topological polar surface area (TPSA) is 70.7 Å². The van der Waals surface area contributed by atoms with Crippen molar-refractivity contribution >= 4 is 23.6 Å². The molecule has 33 heavy (non-hydrogen) atoms. The number of nitrogens with one attached hydrogen (secondary N) is 1. The molecule has 0 saturated heterocycles. The van der Waals surface area contributed by atoms with Gasteiger partial charge in [0, 0.05) is 22.3 Å². The molecule has 0 aliphatic heterocycles. The molecule has 4 rings (SSSR count). The van der Waals surface area contributed by atoms with Gasteiger partial charge in [-0.2, -0.15) is 10.4 Å². The molecule has 0 bridgehead atoms. The van der Waals surface area contributed by atoms with Crippen LogP contribution >= 0.6 is 11.6 Å². The van der Waals surface area contributed by atoms with Gasteiger partial charge in [-0.25, -0.2) is 4.68 Å². The molecule has 0 aliphatic carbocycles. The van der Waals surface area contributed by atoms with Crippen LogP contribution in [0.2, 0.25) is 5.02 Å². The van der Waals surface area contributed by atoms with Crippen LogP contribution in [0.5, 0.6) is 0 Å². The third kappa shape index (κ3) is 5.20. The molecule has 1 heterocycles. The van der Waals surface area contributed by atoms with Gasteiger partial charge >= 0.3 is 0 Å². The molecule has 1 aromatic heterocycles. The van der Waals surface area contributed by atoms with Gasteiger partial charge in [0.2, 0.25) is 0 Å². The number of carbonyl (C=O) groups is 1. The zero-order valence-electron chi connectivity index (χ0n) is 17.9. The molecule has 0 saturated carbocycles. The van der Waals surface area contributed by atoms with Crippen molar-refractivity contribution in [3.63, 3.8) is 0 Å². The maximum Gasteiger partial charge on any atom is 0.262 e. The summed E-state index contributed by atoms with van der Waals surface area (Å²) < 4.78 is 1.73. The fraction of sp³-hybridized carbons (Fsp3) is 0.0741. The van der Waals surface area contributed by atoms with Gasteiger partial charge in [-0.05, 0) is 42.8 Å². The second-order valence-electron chi connectivity index (χ2n) is 7.50. The highest BCUT2D eigenvalue weighted by molar-refractivity contribution is 6.30. The normalized spacial score (nSPS) is 12.1. The summed E-state index contributed by atoms with van der Waals surface area (Å²) in [5, 5.41) is 18.0. The van der Waals surface area contributed by atoms with Crippen LogP contribution in [0, 0.1) is 11.3 Å². The average Bonchev–Trinajstić information content (AvgIpc) is 3.28. The molecule has 162 valence electrons. The fourth-order valence-electron chi connectivity index (χ4n) is 3.44. The molecule has 1 N–H and O–H groups in total. The Bertz CT molecular complexity index is 1320. The number of rotatable bonds is 6. The quantitative estimate of drug-likeness (QED) is 0.289. The van der Waals surface area contributed by atoms with Gasteiger partial charge in [0.15, 0.2) is 0 Å². The first-order valence-electron chi connectivity index (χ1n) is 10.4. The number of nitrogens with zero attached hydrogens (tertiary/aromatic N) is 3. The molecule has 1 unspecified atom stereocenters. The van der Waals surface area contributed by atoms with Crippen LogP contribution in [0.1, 0.15) is 24.1 Å². The summed E-state index contributed by atoms with van der Waals surface area (Å²) in [7, 11) is 0. The summed E-state index contributed by atoms with van der Waals surface area (Å²) >= 11 is 6.05. The number of hydrogen-bond acceptors (Lipinski definition) is 3. The number of halogens is 1. The van der Waals surface area contributed by atoms with E-state index in [1.54, 1.807) is 22.9 Å². The Hall–Kier alpha value is -4.14. The van der Waals surface area contributed by atoms with Crippen molar-refractivity contribution in [2.45, 2.75) is 13.0 Å². The average molecular weight is 453 g/mol. The standard InChI is InChI=1S/C27H21ClN4O/c1-19(20-8-4-2-5-9-20)30-27(33)22(17-29)16-23-18-32(25-10-6-3-7-11-25)31-26(23)21-12-14-24(28)15-13-21/h2-16,18-19H,1H3,(H,30,33)/b22-16+. The lowest BCUT2D eigenvalue weighted by atomic mass is 10.0. The van der Waals surface area contributed by atoms with Crippen molar-refractivity contribution in [2.75, 3.05) is 0 Å². The monoisotopic (exact) mass is 452 g/mol. The highest BCUT2D eigenvalue weighted by atomic mass is 35.5. The minimum Gasteiger partial charge on any atom is -0.345 e. The zero-order chi connectivity index (χ0) is 23.2. The van der Waals surface area contributed by atoms with Crippen molar-refractivity contribution < 1.29 is 4.79 Å². The number of para-hydroxylation sites is 1. The van der Waals surface area contributed by atoms with Crippen molar-refractivity contribution in [3.8, 4) is 23.0 Å². The molecule has 3 aromatic carbocycles. The lowest BCUT2D eigenvalue weighted by Crippen LogP contribution is -2.27. The molecular formula is C27H21ClN4O. The first-order chi connectivity index (χ1) is 16.0. The van der Waals surface area contributed by atoms with Crippen LogP contribution in [0.4, 0.5) is 0 Å². The number of amides is 1. The number of carbonyl (C=O) groups excluding carboxylic acids is 1. The summed E-state index contributed by atoms with van der Waals surface area (Å²) in [6, 6.07) is 28.3. The molecule has 5 nitrogen and oxygen atoms in total. The first kappa shape index (κ1) is 22.1. The lowest BCUT2D eigenvalue weighted by molar-refractivity contribution is -0.117. The minimum absolute atomic E-state index is 0.000561. The Balaban J connectivity index is 1.71. The Morgan fingerprint density at radius 1 is 1.03 bits per heavy atom. The minimum atomic E-state index is -0.441. The molecule has 0 fully saturated rings. The van der Waals surface area contributed by atoms with Gasteiger partial charge in [-0.3, -0.25) is 4.79 Å². The number of benzene rings is 3. The molecule has 1 atom stereocenters. The van der Waals surface area contributed by atoms with Gasteiger partial charge in [-0.15, -0.1) is 0 Å². The number of hydrogen-bond donors (Lipinski definition) is 1. The van der Waals surface area contributed by atoms with Gasteiger partial charge in [0.05, 0.1) is 17.4 Å². The largest absolute Gasteiger partial charge is 0.345 e. The first-order valence-corrected chi connectivity index (χ1v) is 10.8. The molecule has 0 radical (unpaired) electrons. The van der Waals surface area contributed by atoms with Crippen molar-refractivity contribution in [1.29, 1.82) is 5.26 Å². The molecule has 6 heteroatoms. The van der Waals surface area contributed by atoms with E-state index in [4.69, 9.17) is 16.7 Å². The van der Waals surface area contributed by atoms with Crippen molar-refractivity contribution in [1.82, 2.24) is 15.1 Å². The highest BCUT2D eigenvalue weighted by Crippen LogP contribution is 2.27. The maximum atomic E-state index is 12.9. The van der Waals surface area contributed by atoms with Crippen molar-refractivity contribution in [3.05, 3.63) is 113 Å². The second kappa shape index (κ2) is 9.99. The van der Waals surface area contributed by atoms with Gasteiger partial charge in [0.1, 0.15) is 11.6 Å². The van der Waals surface area contributed by atoms with Gasteiger partial charge in [-0.1, -0.05) is 72.3 Å². The highest BCUT2D eigenvalue weighted by Gasteiger charge is 2.17. The van der Waals surface area contributed by atoms with E-state index in [0.29, 0.717) is 16.3 Å². The van der Waals surface area contributed by atoms with Crippen LogP contribution < -0.4 is 5.32 Å². The van der Waals surface area contributed by atoms with E-state index in [-0.39, 0.29) is 11.6 Å². The van der Waals surface area contributed by atoms with Crippen LogP contribution in [0.3, 0.4) is 0 Å². The summed E-state index contributed by atoms with van der Waals surface area (Å²) in [4.78, 5) is 12.9. The van der Waals surface area contributed by atoms with Crippen LogP contribution in [-0.4, -0.2) is 15.7 Å². The molecule has 0 aliphatic rings. The number of aromatic nitrogens is 2. The van der Waals surface area contributed by atoms with E-state index in [1.807, 2.05) is 92.0 Å². The van der Waals surface area contributed by atoms with Gasteiger partial charge in [0.25, 0.3) is 5.91 Å². The maximum absolute atomic E-state index is 12.9. The SMILES string of the molecule is CC(NC(=O)/C(C#N)=C/c1cn(-c2ccccc2)nc1-c1ccc(Cl)cc1)c1ccccc1. The third-order valence-electron chi connectivity index (χ3n) is 5.19. The molecule has 1 amide bonds. The Kier molecular flexibility index (Phi) is 6.68. The summed E-state index contributed by atoms with van der Waals surface area (Å²) in [6.07, 6.45) is 3.38. The third-order valence-corrected chi connectivity index (χ3v) is 5.45. The molecule has 0 spiro atoms. The van der Waals surface area contributed by atoms with Crippen LogP contribution in [-0.2, 0) is 4.79 Å². The van der Waals surface area contributed by atoms with Crippen LogP contribution in [0.15, 0.2) is 96.7 Å².